The standard InChI is InChI=1S/C18H20N4O3/c1-25-17-9-12(7-8-16(17)23)11-19-22-18(24)15-10-14(20-21-15)13-5-3-2-4-6-13/h2-9,11,14-15,20-21,23H,10H2,1H3,(H,22,24)/b19-11+. The Morgan fingerprint density at radius 3 is 2.84 bits per heavy atom. The van der Waals surface area contributed by atoms with Gasteiger partial charge in [-0.3, -0.25) is 4.79 Å². The van der Waals surface area contributed by atoms with Gasteiger partial charge in [-0.25, -0.2) is 16.3 Å². The molecule has 0 radical (unpaired) electrons. The van der Waals surface area contributed by atoms with E-state index in [9.17, 15) is 9.90 Å². The summed E-state index contributed by atoms with van der Waals surface area (Å²) >= 11 is 0. The van der Waals surface area contributed by atoms with Crippen molar-refractivity contribution in [3.8, 4) is 11.5 Å². The number of ether oxygens (including phenoxy) is 1. The van der Waals surface area contributed by atoms with E-state index in [2.05, 4.69) is 21.4 Å². The van der Waals surface area contributed by atoms with Crippen molar-refractivity contribution in [3.05, 3.63) is 59.7 Å². The van der Waals surface area contributed by atoms with E-state index in [4.69, 9.17) is 4.74 Å². The number of hydrogen-bond acceptors (Lipinski definition) is 6. The number of rotatable bonds is 5. The molecular formula is C18H20N4O3. The molecule has 2 aromatic rings. The van der Waals surface area contributed by atoms with Crippen LogP contribution in [-0.2, 0) is 4.79 Å². The van der Waals surface area contributed by atoms with Crippen LogP contribution in [0.15, 0.2) is 53.6 Å². The number of amides is 1. The maximum absolute atomic E-state index is 12.2. The molecule has 0 aromatic heterocycles. The molecule has 0 bridgehead atoms. The van der Waals surface area contributed by atoms with E-state index >= 15 is 0 Å². The van der Waals surface area contributed by atoms with Crippen LogP contribution in [0.4, 0.5) is 0 Å². The minimum absolute atomic E-state index is 0.0527. The molecule has 3 rings (SSSR count). The summed E-state index contributed by atoms with van der Waals surface area (Å²) in [7, 11) is 1.47. The highest BCUT2D eigenvalue weighted by Crippen LogP contribution is 2.25. The number of nitrogens with one attached hydrogen (secondary N) is 3. The van der Waals surface area contributed by atoms with Crippen molar-refractivity contribution in [2.45, 2.75) is 18.5 Å². The number of carbonyl (C=O) groups excluding carboxylic acids is 1. The quantitative estimate of drug-likeness (QED) is 0.488. The van der Waals surface area contributed by atoms with Crippen molar-refractivity contribution in [2.24, 2.45) is 5.10 Å². The van der Waals surface area contributed by atoms with Crippen LogP contribution >= 0.6 is 0 Å². The fourth-order valence-corrected chi connectivity index (χ4v) is 2.65. The molecule has 1 heterocycles. The van der Waals surface area contributed by atoms with Gasteiger partial charge in [0.05, 0.1) is 13.3 Å². The first-order valence-electron chi connectivity index (χ1n) is 7.93. The minimum Gasteiger partial charge on any atom is -0.504 e. The van der Waals surface area contributed by atoms with Gasteiger partial charge in [-0.2, -0.15) is 5.10 Å². The fraction of sp³-hybridized carbons (Fsp3) is 0.222. The molecular weight excluding hydrogens is 320 g/mol. The third-order valence-electron chi connectivity index (χ3n) is 4.01. The topological polar surface area (TPSA) is 95.0 Å². The number of phenols is 1. The Kier molecular flexibility index (Phi) is 5.27. The largest absolute Gasteiger partial charge is 0.504 e. The first-order valence-corrected chi connectivity index (χ1v) is 7.93. The molecule has 0 spiro atoms. The zero-order valence-corrected chi connectivity index (χ0v) is 13.8. The van der Waals surface area contributed by atoms with E-state index in [0.29, 0.717) is 17.7 Å². The summed E-state index contributed by atoms with van der Waals surface area (Å²) in [5.74, 6) is 0.187. The Hall–Kier alpha value is -2.90. The molecule has 2 aromatic carbocycles. The summed E-state index contributed by atoms with van der Waals surface area (Å²) in [6.07, 6.45) is 2.13. The fourth-order valence-electron chi connectivity index (χ4n) is 2.65. The highest BCUT2D eigenvalue weighted by atomic mass is 16.5. The molecule has 1 aliphatic heterocycles. The predicted octanol–water partition coefficient (Wildman–Crippen LogP) is 1.46. The molecule has 0 saturated carbocycles. The van der Waals surface area contributed by atoms with Gasteiger partial charge in [0.25, 0.3) is 5.91 Å². The Morgan fingerprint density at radius 2 is 2.08 bits per heavy atom. The maximum Gasteiger partial charge on any atom is 0.258 e. The van der Waals surface area contributed by atoms with Crippen LogP contribution in [0.5, 0.6) is 11.5 Å². The number of hydrogen-bond donors (Lipinski definition) is 4. The summed E-state index contributed by atoms with van der Waals surface area (Å²) in [6.45, 7) is 0. The normalized spacial score (nSPS) is 19.9. The zero-order chi connectivity index (χ0) is 17.6. The Balaban J connectivity index is 1.55. The maximum atomic E-state index is 12.2. The van der Waals surface area contributed by atoms with Gasteiger partial charge in [-0.05, 0) is 35.7 Å². The molecule has 1 fully saturated rings. The second-order valence-corrected chi connectivity index (χ2v) is 5.71. The molecule has 130 valence electrons. The van der Waals surface area contributed by atoms with Crippen LogP contribution in [0.3, 0.4) is 0 Å². The third kappa shape index (κ3) is 4.14. The van der Waals surface area contributed by atoms with Crippen LogP contribution in [-0.4, -0.2) is 30.4 Å². The lowest BCUT2D eigenvalue weighted by atomic mass is 10.0. The number of carbonyl (C=O) groups is 1. The lowest BCUT2D eigenvalue weighted by Crippen LogP contribution is -2.41. The number of nitrogens with zero attached hydrogens (tertiary/aromatic N) is 1. The average Bonchev–Trinajstić information content (AvgIpc) is 3.14. The second-order valence-electron chi connectivity index (χ2n) is 5.71. The lowest BCUT2D eigenvalue weighted by Gasteiger charge is -2.08. The van der Waals surface area contributed by atoms with Crippen molar-refractivity contribution in [2.75, 3.05) is 7.11 Å². The van der Waals surface area contributed by atoms with Gasteiger partial charge in [-0.1, -0.05) is 30.3 Å². The van der Waals surface area contributed by atoms with Crippen LogP contribution in [0.2, 0.25) is 0 Å². The van der Waals surface area contributed by atoms with E-state index < -0.39 is 0 Å². The summed E-state index contributed by atoms with van der Waals surface area (Å²) < 4.78 is 5.03. The average molecular weight is 340 g/mol. The summed E-state index contributed by atoms with van der Waals surface area (Å²) in [4.78, 5) is 12.2. The lowest BCUT2D eigenvalue weighted by molar-refractivity contribution is -0.122. The van der Waals surface area contributed by atoms with E-state index in [0.717, 1.165) is 5.56 Å². The first-order chi connectivity index (χ1) is 12.2. The second kappa shape index (κ2) is 7.78. The van der Waals surface area contributed by atoms with E-state index in [1.54, 1.807) is 12.1 Å². The summed E-state index contributed by atoms with van der Waals surface area (Å²) in [5, 5.41) is 13.5. The van der Waals surface area contributed by atoms with Crippen LogP contribution < -0.4 is 21.0 Å². The van der Waals surface area contributed by atoms with Gasteiger partial charge in [0.15, 0.2) is 11.5 Å². The number of methoxy groups -OCH3 is 1. The summed E-state index contributed by atoms with van der Waals surface area (Å²) in [5.41, 5.74) is 10.5. The molecule has 2 unspecified atom stereocenters. The van der Waals surface area contributed by atoms with Crippen molar-refractivity contribution in [1.29, 1.82) is 0 Å². The van der Waals surface area contributed by atoms with Crippen molar-refractivity contribution < 1.29 is 14.6 Å². The number of benzene rings is 2. The van der Waals surface area contributed by atoms with E-state index in [1.807, 2.05) is 30.3 Å². The van der Waals surface area contributed by atoms with Gasteiger partial charge in [0.1, 0.15) is 6.04 Å². The predicted molar refractivity (Wildman–Crippen MR) is 94.3 cm³/mol. The number of phenolic OH excluding ortho intramolecular Hbond substituents is 1. The van der Waals surface area contributed by atoms with Gasteiger partial charge in [0.2, 0.25) is 0 Å². The van der Waals surface area contributed by atoms with Crippen molar-refractivity contribution >= 4 is 12.1 Å². The highest BCUT2D eigenvalue weighted by molar-refractivity contribution is 5.85. The SMILES string of the molecule is COc1cc(/C=N/NC(=O)C2CC(c3ccccc3)NN2)ccc1O. The summed E-state index contributed by atoms with van der Waals surface area (Å²) in [6, 6.07) is 14.5. The van der Waals surface area contributed by atoms with Gasteiger partial charge in [0, 0.05) is 6.04 Å². The Morgan fingerprint density at radius 1 is 1.28 bits per heavy atom. The number of hydrazine groups is 1. The molecule has 2 atom stereocenters. The molecule has 0 aliphatic carbocycles. The van der Waals surface area contributed by atoms with E-state index in [-0.39, 0.29) is 23.7 Å². The number of aromatic hydroxyl groups is 1. The Bertz CT molecular complexity index is 764. The molecule has 25 heavy (non-hydrogen) atoms. The molecule has 1 saturated heterocycles. The third-order valence-corrected chi connectivity index (χ3v) is 4.01. The van der Waals surface area contributed by atoms with E-state index in [1.165, 1.54) is 19.4 Å². The molecule has 7 nitrogen and oxygen atoms in total. The van der Waals surface area contributed by atoms with Crippen molar-refractivity contribution in [1.82, 2.24) is 16.3 Å². The van der Waals surface area contributed by atoms with Gasteiger partial charge >= 0.3 is 0 Å². The monoisotopic (exact) mass is 340 g/mol. The minimum atomic E-state index is -0.364. The first kappa shape index (κ1) is 16.9. The molecule has 1 aliphatic rings. The molecule has 4 N–H and O–H groups in total. The van der Waals surface area contributed by atoms with Crippen LogP contribution in [0.25, 0.3) is 0 Å². The van der Waals surface area contributed by atoms with Gasteiger partial charge < -0.3 is 9.84 Å². The highest BCUT2D eigenvalue weighted by Gasteiger charge is 2.29. The van der Waals surface area contributed by atoms with Crippen LogP contribution in [0, 0.1) is 0 Å². The molecule has 1 amide bonds. The molecule has 7 heteroatoms. The Labute approximate surface area is 145 Å². The number of hydrazone groups is 1. The zero-order valence-electron chi connectivity index (χ0n) is 13.8. The smallest absolute Gasteiger partial charge is 0.258 e. The van der Waals surface area contributed by atoms with Gasteiger partial charge in [-0.15, -0.1) is 0 Å². The van der Waals surface area contributed by atoms with Crippen LogP contribution in [0.1, 0.15) is 23.6 Å². The van der Waals surface area contributed by atoms with Crippen molar-refractivity contribution in [3.63, 3.8) is 0 Å².